The Morgan fingerprint density at radius 1 is 1.18 bits per heavy atom. The third kappa shape index (κ3) is 2.66. The highest BCUT2D eigenvalue weighted by Crippen LogP contribution is 2.22. The van der Waals surface area contributed by atoms with Gasteiger partial charge in [0.2, 0.25) is 0 Å². The van der Waals surface area contributed by atoms with Gasteiger partial charge in [-0.05, 0) is 24.3 Å². The van der Waals surface area contributed by atoms with E-state index in [4.69, 9.17) is 0 Å². The molecule has 110 valence electrons. The largest absolute Gasteiger partial charge is 0.465 e. The average Bonchev–Trinajstić information content (AvgIpc) is 2.99. The lowest BCUT2D eigenvalue weighted by molar-refractivity contribution is 0.0601. The number of hydrogen-bond donors (Lipinski definition) is 1. The van der Waals surface area contributed by atoms with Crippen molar-refractivity contribution < 1.29 is 14.3 Å². The molecule has 1 N–H and O–H groups in total. The Balaban J connectivity index is 1.90. The summed E-state index contributed by atoms with van der Waals surface area (Å²) in [6.07, 6.45) is 1.49. The molecule has 0 unspecified atom stereocenters. The number of nitrogens with zero attached hydrogens (tertiary/aromatic N) is 2. The lowest BCUT2D eigenvalue weighted by Crippen LogP contribution is -2.16. The number of carbonyl (C=O) groups is 2. The Labute approximate surface area is 129 Å². The summed E-state index contributed by atoms with van der Waals surface area (Å²) >= 11 is 1.28. The molecule has 0 radical (unpaired) electrons. The molecule has 7 heteroatoms. The van der Waals surface area contributed by atoms with Gasteiger partial charge in [0.05, 0.1) is 17.3 Å². The van der Waals surface area contributed by atoms with E-state index in [0.717, 1.165) is 10.2 Å². The number of aromatic nitrogens is 2. The van der Waals surface area contributed by atoms with Gasteiger partial charge in [-0.2, -0.15) is 0 Å². The van der Waals surface area contributed by atoms with E-state index in [0.29, 0.717) is 5.01 Å². The molecule has 3 aromatic rings. The maximum Gasteiger partial charge on any atom is 0.341 e. The first-order valence-electron chi connectivity index (χ1n) is 6.39. The maximum atomic E-state index is 12.3. The SMILES string of the molecule is COC(=O)c1cccnc1NC(=O)c1nc2ccccc2s1. The van der Waals surface area contributed by atoms with E-state index in [1.54, 1.807) is 6.07 Å². The van der Waals surface area contributed by atoms with Gasteiger partial charge in [0, 0.05) is 6.20 Å². The first-order valence-corrected chi connectivity index (χ1v) is 7.21. The highest BCUT2D eigenvalue weighted by molar-refractivity contribution is 7.20. The number of ether oxygens (including phenoxy) is 1. The molecule has 2 heterocycles. The van der Waals surface area contributed by atoms with E-state index in [1.165, 1.54) is 30.7 Å². The second-order valence-corrected chi connectivity index (χ2v) is 5.36. The van der Waals surface area contributed by atoms with Gasteiger partial charge >= 0.3 is 5.97 Å². The van der Waals surface area contributed by atoms with Crippen molar-refractivity contribution in [2.24, 2.45) is 0 Å². The molecule has 22 heavy (non-hydrogen) atoms. The third-order valence-corrected chi connectivity index (χ3v) is 3.97. The Bertz CT molecular complexity index is 827. The zero-order chi connectivity index (χ0) is 15.5. The van der Waals surface area contributed by atoms with E-state index in [1.807, 2.05) is 24.3 Å². The number of amides is 1. The molecule has 0 atom stereocenters. The number of carbonyl (C=O) groups excluding carboxylic acids is 2. The molecule has 0 bridgehead atoms. The van der Waals surface area contributed by atoms with Crippen LogP contribution in [0.5, 0.6) is 0 Å². The molecule has 2 aromatic heterocycles. The summed E-state index contributed by atoms with van der Waals surface area (Å²) in [5.74, 6) is -0.823. The summed E-state index contributed by atoms with van der Waals surface area (Å²) < 4.78 is 5.59. The van der Waals surface area contributed by atoms with Crippen LogP contribution < -0.4 is 5.32 Å². The summed E-state index contributed by atoms with van der Waals surface area (Å²) in [6, 6.07) is 10.6. The average molecular weight is 313 g/mol. The number of para-hydroxylation sites is 1. The number of esters is 1. The molecule has 0 spiro atoms. The van der Waals surface area contributed by atoms with Gasteiger partial charge in [0.15, 0.2) is 5.01 Å². The minimum absolute atomic E-state index is 0.151. The number of benzene rings is 1. The van der Waals surface area contributed by atoms with Crippen LogP contribution in [0.15, 0.2) is 42.6 Å². The van der Waals surface area contributed by atoms with Crippen molar-refractivity contribution >= 4 is 39.2 Å². The predicted molar refractivity (Wildman–Crippen MR) is 83.1 cm³/mol. The molecule has 0 saturated heterocycles. The van der Waals surface area contributed by atoms with Crippen LogP contribution in [0.3, 0.4) is 0 Å². The predicted octanol–water partition coefficient (Wildman–Crippen LogP) is 2.73. The van der Waals surface area contributed by atoms with E-state index < -0.39 is 11.9 Å². The van der Waals surface area contributed by atoms with E-state index >= 15 is 0 Å². The molecule has 1 amide bonds. The van der Waals surface area contributed by atoms with E-state index in [2.05, 4.69) is 20.0 Å². The Kier molecular flexibility index (Phi) is 3.80. The Morgan fingerprint density at radius 2 is 2.00 bits per heavy atom. The molecule has 3 rings (SSSR count). The lowest BCUT2D eigenvalue weighted by atomic mass is 10.2. The summed E-state index contributed by atoms with van der Waals surface area (Å²) in [5.41, 5.74) is 0.950. The van der Waals surface area contributed by atoms with Crippen LogP contribution in [0.4, 0.5) is 5.82 Å². The normalized spacial score (nSPS) is 10.4. The van der Waals surface area contributed by atoms with Gasteiger partial charge < -0.3 is 10.1 Å². The minimum atomic E-state index is -0.562. The number of hydrogen-bond acceptors (Lipinski definition) is 6. The van der Waals surface area contributed by atoms with Crippen molar-refractivity contribution in [3.05, 3.63) is 53.2 Å². The van der Waals surface area contributed by atoms with Gasteiger partial charge in [-0.3, -0.25) is 4.79 Å². The van der Waals surface area contributed by atoms with Crippen molar-refractivity contribution in [3.63, 3.8) is 0 Å². The highest BCUT2D eigenvalue weighted by atomic mass is 32.1. The topological polar surface area (TPSA) is 81.2 Å². The monoisotopic (exact) mass is 313 g/mol. The van der Waals surface area contributed by atoms with Crippen LogP contribution in [-0.4, -0.2) is 29.0 Å². The highest BCUT2D eigenvalue weighted by Gasteiger charge is 2.17. The molecule has 6 nitrogen and oxygen atoms in total. The Morgan fingerprint density at radius 3 is 2.77 bits per heavy atom. The van der Waals surface area contributed by atoms with Crippen LogP contribution >= 0.6 is 11.3 Å². The number of fused-ring (bicyclic) bond motifs is 1. The zero-order valence-corrected chi connectivity index (χ0v) is 12.4. The smallest absolute Gasteiger partial charge is 0.341 e. The van der Waals surface area contributed by atoms with Crippen molar-refractivity contribution in [1.29, 1.82) is 0 Å². The molecule has 0 fully saturated rings. The number of rotatable bonds is 3. The fraction of sp³-hybridized carbons (Fsp3) is 0.0667. The lowest BCUT2D eigenvalue weighted by Gasteiger charge is -2.06. The number of anilines is 1. The van der Waals surface area contributed by atoms with Crippen LogP contribution in [-0.2, 0) is 4.74 Å². The van der Waals surface area contributed by atoms with E-state index in [-0.39, 0.29) is 11.4 Å². The van der Waals surface area contributed by atoms with Crippen molar-refractivity contribution in [2.75, 3.05) is 12.4 Å². The summed E-state index contributed by atoms with van der Waals surface area (Å²) in [4.78, 5) is 32.2. The fourth-order valence-electron chi connectivity index (χ4n) is 1.91. The second-order valence-electron chi connectivity index (χ2n) is 4.33. The van der Waals surface area contributed by atoms with Crippen molar-refractivity contribution in [2.45, 2.75) is 0 Å². The molecule has 0 aliphatic rings. The van der Waals surface area contributed by atoms with Crippen LogP contribution in [0.25, 0.3) is 10.2 Å². The summed E-state index contributed by atoms with van der Waals surface area (Å²) in [6.45, 7) is 0. The first kappa shape index (κ1) is 14.2. The molecule has 0 aliphatic carbocycles. The molecular weight excluding hydrogens is 302 g/mol. The third-order valence-electron chi connectivity index (χ3n) is 2.93. The minimum Gasteiger partial charge on any atom is -0.465 e. The molecule has 0 saturated carbocycles. The van der Waals surface area contributed by atoms with E-state index in [9.17, 15) is 9.59 Å². The Hall–Kier alpha value is -2.80. The van der Waals surface area contributed by atoms with Gasteiger partial charge in [-0.1, -0.05) is 12.1 Å². The fourth-order valence-corrected chi connectivity index (χ4v) is 2.77. The zero-order valence-electron chi connectivity index (χ0n) is 11.6. The van der Waals surface area contributed by atoms with Gasteiger partial charge in [0.25, 0.3) is 5.91 Å². The number of methoxy groups -OCH3 is 1. The summed E-state index contributed by atoms with van der Waals surface area (Å²) in [5, 5.41) is 2.91. The van der Waals surface area contributed by atoms with Crippen LogP contribution in [0, 0.1) is 0 Å². The van der Waals surface area contributed by atoms with Gasteiger partial charge in [-0.25, -0.2) is 14.8 Å². The first-order chi connectivity index (χ1) is 10.7. The van der Waals surface area contributed by atoms with Crippen molar-refractivity contribution in [3.8, 4) is 0 Å². The number of nitrogens with one attached hydrogen (secondary N) is 1. The van der Waals surface area contributed by atoms with Crippen molar-refractivity contribution in [1.82, 2.24) is 9.97 Å². The van der Waals surface area contributed by atoms with Crippen LogP contribution in [0.2, 0.25) is 0 Å². The summed E-state index contributed by atoms with van der Waals surface area (Å²) in [7, 11) is 1.27. The number of pyridine rings is 1. The van der Waals surface area contributed by atoms with Crippen LogP contribution in [0.1, 0.15) is 20.2 Å². The van der Waals surface area contributed by atoms with Gasteiger partial charge in [0.1, 0.15) is 11.4 Å². The van der Waals surface area contributed by atoms with Gasteiger partial charge in [-0.15, -0.1) is 11.3 Å². The molecule has 0 aliphatic heterocycles. The molecular formula is C15H11N3O3S. The number of thiazole rings is 1. The second kappa shape index (κ2) is 5.90. The molecule has 1 aromatic carbocycles. The standard InChI is InChI=1S/C15H11N3O3S/c1-21-15(20)9-5-4-8-16-12(9)18-13(19)14-17-10-6-2-3-7-11(10)22-14/h2-8H,1H3,(H,16,18,19). The maximum absolute atomic E-state index is 12.3. The quantitative estimate of drug-likeness (QED) is 0.752.